The molecule has 0 aliphatic heterocycles. The van der Waals surface area contributed by atoms with Crippen molar-refractivity contribution in [3.63, 3.8) is 0 Å². The second-order valence-electron chi connectivity index (χ2n) is 9.35. The zero-order chi connectivity index (χ0) is 41.8. The number of nitrogens with two attached hydrogens (primary N) is 1. The third kappa shape index (κ3) is 69.8. The van der Waals surface area contributed by atoms with Crippen LogP contribution in [0.4, 0.5) is 17.1 Å². The van der Waals surface area contributed by atoms with Gasteiger partial charge >= 0.3 is 50.5 Å². The van der Waals surface area contributed by atoms with E-state index in [1.165, 1.54) is 42.4 Å². The Morgan fingerprint density at radius 2 is 0.727 bits per heavy atom. The number of rotatable bonds is 6. The Morgan fingerprint density at radius 3 is 0.964 bits per heavy atom. The van der Waals surface area contributed by atoms with E-state index < -0.39 is 0 Å². The van der Waals surface area contributed by atoms with E-state index >= 15 is 0 Å². The summed E-state index contributed by atoms with van der Waals surface area (Å²) in [6.45, 7) is 31.1. The topological polar surface area (TPSA) is 38.0 Å². The number of nitrogens with one attached hydrogen (secondary N) is 1. The third-order valence-corrected chi connectivity index (χ3v) is 5.75. The van der Waals surface area contributed by atoms with Crippen LogP contribution in [0.1, 0.15) is 154 Å². The summed E-state index contributed by atoms with van der Waals surface area (Å²) >= 11 is 9.54. The summed E-state index contributed by atoms with van der Waals surface area (Å²) in [4.78, 5) is 0. The van der Waals surface area contributed by atoms with E-state index in [9.17, 15) is 0 Å². The van der Waals surface area contributed by atoms with Gasteiger partial charge in [0.15, 0.2) is 0 Å². The predicted octanol–water partition coefficient (Wildman–Crippen LogP) is 18.0. The van der Waals surface area contributed by atoms with Crippen LogP contribution in [0.25, 0.3) is 0 Å². The van der Waals surface area contributed by atoms with Gasteiger partial charge in [-0.3, -0.25) is 0 Å². The van der Waals surface area contributed by atoms with Crippen LogP contribution in [0.2, 0.25) is 0 Å². The Labute approximate surface area is 417 Å². The van der Waals surface area contributed by atoms with Crippen molar-refractivity contribution in [1.29, 1.82) is 0 Å². The molecular weight excluding hydrogens is 1350 g/mol. The molecular formula is C47H87I6N2-. The molecule has 4 aromatic rings. The summed E-state index contributed by atoms with van der Waals surface area (Å²) in [6, 6.07) is 37.0. The zero-order valence-corrected chi connectivity index (χ0v) is 49.1. The maximum absolute atomic E-state index is 5.48. The number of benzene rings is 4. The first-order valence-electron chi connectivity index (χ1n) is 19.1. The standard InChI is InChI=1S/C14H15N.C8H11N.C7H8.2C4H10.4C2H6.2CH4.I3.I2.HI/c1-2-12-8-10-14(11-9-12)15-13-6-4-3-5-7-13;1-2-7-3-5-8(9)6-4-7;1-7-5-3-2-4-6-7;2*1-3-4-2;4*1-2;;;1-3-2;1-2;/h3-11,15H,2H2,1H3;3-6H,2,9H2,1H3;2-6H,1H3;2*3-4H2,1-2H3;4*1-2H3;2*1H4;;;1H/q;;;;;;;;;;;-1;;. The van der Waals surface area contributed by atoms with Crippen LogP contribution < -0.4 is 24.3 Å². The molecule has 0 fully saturated rings. The van der Waals surface area contributed by atoms with Crippen molar-refractivity contribution >= 4 is 116 Å². The van der Waals surface area contributed by atoms with Gasteiger partial charge in [-0.2, -0.15) is 0 Å². The van der Waals surface area contributed by atoms with E-state index in [2.05, 4.69) is 189 Å². The molecule has 55 heavy (non-hydrogen) atoms. The van der Waals surface area contributed by atoms with Crippen molar-refractivity contribution in [3.05, 3.63) is 126 Å². The molecule has 0 unspecified atom stereocenters. The van der Waals surface area contributed by atoms with Gasteiger partial charge in [0.05, 0.1) is 0 Å². The molecule has 8 heteroatoms. The fraction of sp³-hybridized carbons (Fsp3) is 0.489. The Morgan fingerprint density at radius 1 is 0.473 bits per heavy atom. The number of para-hydroxylation sites is 1. The van der Waals surface area contributed by atoms with Crippen LogP contribution in [0.5, 0.6) is 0 Å². The quantitative estimate of drug-likeness (QED) is 0.149. The van der Waals surface area contributed by atoms with Gasteiger partial charge in [0.1, 0.15) is 0 Å². The van der Waals surface area contributed by atoms with Gasteiger partial charge in [-0.1, -0.05) is 216 Å². The molecule has 0 aliphatic carbocycles. The Balaban J connectivity index is -0.0000000558. The van der Waals surface area contributed by atoms with Crippen LogP contribution in [0, 0.1) is 6.92 Å². The van der Waals surface area contributed by atoms with Crippen molar-refractivity contribution in [3.8, 4) is 0 Å². The van der Waals surface area contributed by atoms with Gasteiger partial charge in [0.25, 0.3) is 0 Å². The summed E-state index contributed by atoms with van der Waals surface area (Å²) in [5.41, 5.74) is 12.6. The minimum atomic E-state index is 0. The molecule has 328 valence electrons. The summed E-state index contributed by atoms with van der Waals surface area (Å²) in [5.74, 6) is 0. The van der Waals surface area contributed by atoms with E-state index in [1.54, 1.807) is 0 Å². The van der Waals surface area contributed by atoms with Gasteiger partial charge in [0.2, 0.25) is 0 Å². The molecule has 4 rings (SSSR count). The molecule has 0 aliphatic rings. The molecule has 0 saturated heterocycles. The number of aryl methyl sites for hydroxylation is 3. The summed E-state index contributed by atoms with van der Waals surface area (Å²) in [6.07, 6.45) is 7.45. The zero-order valence-electron chi connectivity index (χ0n) is 36.0. The predicted molar refractivity (Wildman–Crippen MR) is 308 cm³/mol. The van der Waals surface area contributed by atoms with Crippen LogP contribution in [0.3, 0.4) is 0 Å². The van der Waals surface area contributed by atoms with Crippen LogP contribution >= 0.6 is 98.4 Å². The fourth-order valence-corrected chi connectivity index (χ4v) is 2.80. The Bertz CT molecular complexity index is 1060. The second kappa shape index (κ2) is 79.1. The summed E-state index contributed by atoms with van der Waals surface area (Å²) < 4.78 is 0. The first-order chi connectivity index (χ1) is 25.3. The normalized spacial score (nSPS) is 7.40. The molecule has 0 radical (unpaired) electrons. The van der Waals surface area contributed by atoms with Gasteiger partial charge in [-0.15, -0.1) is 24.0 Å². The van der Waals surface area contributed by atoms with Gasteiger partial charge in [0, 0.05) is 54.3 Å². The SMILES string of the molecule is C.C.CC.CC.CC.CC.CCCC.CCCC.CCc1ccc(N)cc1.CCc1ccc(Nc2ccccc2)cc1.Cc1ccccc1.I.II.I[I-]I. The van der Waals surface area contributed by atoms with Crippen LogP contribution in [-0.2, 0) is 12.8 Å². The van der Waals surface area contributed by atoms with Crippen molar-refractivity contribution in [2.45, 2.75) is 157 Å². The molecule has 2 nitrogen and oxygen atoms in total. The molecule has 0 atom stereocenters. The van der Waals surface area contributed by atoms with E-state index in [1.807, 2.05) is 104 Å². The number of halogens is 6. The van der Waals surface area contributed by atoms with Crippen LogP contribution in [0.15, 0.2) is 109 Å². The van der Waals surface area contributed by atoms with E-state index in [0.717, 1.165) is 29.9 Å². The Kier molecular flexibility index (Phi) is 115. The number of hydrogen-bond donors (Lipinski definition) is 2. The van der Waals surface area contributed by atoms with Crippen molar-refractivity contribution < 1.29 is 13.3 Å². The summed E-state index contributed by atoms with van der Waals surface area (Å²) in [7, 11) is 0. The van der Waals surface area contributed by atoms with E-state index in [0.29, 0.717) is 13.3 Å². The van der Waals surface area contributed by atoms with Gasteiger partial charge in [-0.05, 0) is 67.3 Å². The molecule has 0 heterocycles. The first-order valence-corrected chi connectivity index (χ1v) is 38.0. The molecule has 0 bridgehead atoms. The number of anilines is 3. The molecule has 0 saturated carbocycles. The molecule has 0 amide bonds. The maximum atomic E-state index is 5.48. The Hall–Kier alpha value is 0.860. The third-order valence-electron chi connectivity index (χ3n) is 5.75. The van der Waals surface area contributed by atoms with Crippen molar-refractivity contribution in [2.24, 2.45) is 0 Å². The number of hydrogen-bond acceptors (Lipinski definition) is 2. The van der Waals surface area contributed by atoms with Crippen molar-refractivity contribution in [2.75, 3.05) is 11.1 Å². The second-order valence-corrected chi connectivity index (χ2v) is 25.6. The minimum absolute atomic E-state index is 0. The van der Waals surface area contributed by atoms with Gasteiger partial charge < -0.3 is 11.1 Å². The fourth-order valence-electron chi connectivity index (χ4n) is 2.80. The van der Waals surface area contributed by atoms with E-state index in [-0.39, 0.29) is 38.8 Å². The first kappa shape index (κ1) is 79.9. The van der Waals surface area contributed by atoms with E-state index in [4.69, 9.17) is 5.73 Å². The monoisotopic (exact) mass is 1440 g/mol. The number of unbranched alkanes of at least 4 members (excludes halogenated alkanes) is 2. The van der Waals surface area contributed by atoms with Gasteiger partial charge in [-0.25, -0.2) is 0 Å². The molecule has 4 aromatic carbocycles. The average molecular weight is 1440 g/mol. The van der Waals surface area contributed by atoms with Crippen LogP contribution in [-0.4, -0.2) is 0 Å². The molecule has 0 aromatic heterocycles. The summed E-state index contributed by atoms with van der Waals surface area (Å²) in [5, 5.41) is 3.36. The molecule has 0 spiro atoms. The van der Waals surface area contributed by atoms with Crippen molar-refractivity contribution in [1.82, 2.24) is 0 Å². The average Bonchev–Trinajstić information content (AvgIpc) is 3.24. The number of nitrogen functional groups attached to an aromatic ring is 1. The molecule has 3 N–H and O–H groups in total.